The zero-order valence-electron chi connectivity index (χ0n) is 12.0. The van der Waals surface area contributed by atoms with Gasteiger partial charge in [-0.2, -0.15) is 5.10 Å². The number of hydrogen-bond donors (Lipinski definition) is 2. The first-order valence-corrected chi connectivity index (χ1v) is 8.36. The van der Waals surface area contributed by atoms with Crippen LogP contribution in [0, 0.1) is 0 Å². The van der Waals surface area contributed by atoms with Gasteiger partial charge in [-0.05, 0) is 33.4 Å². The van der Waals surface area contributed by atoms with Crippen LogP contribution in [0.2, 0.25) is 0 Å². The molecule has 114 valence electrons. The minimum atomic E-state index is -3.49. The number of nitrogens with two attached hydrogens (primary N) is 1. The maximum Gasteiger partial charge on any atom is 0.243 e. The maximum absolute atomic E-state index is 12.3. The average Bonchev–Trinajstić information content (AvgIpc) is 2.83. The van der Waals surface area contributed by atoms with Crippen LogP contribution in [0.5, 0.6) is 0 Å². The number of nitrogens with one attached hydrogen (secondary N) is 1. The Balaban J connectivity index is 2.03. The van der Waals surface area contributed by atoms with Gasteiger partial charge in [-0.3, -0.25) is 4.68 Å². The molecule has 1 aromatic heterocycles. The lowest BCUT2D eigenvalue weighted by Gasteiger charge is -2.35. The molecule has 0 aliphatic carbocycles. The third-order valence-electron chi connectivity index (χ3n) is 3.81. The molecule has 7 nitrogen and oxygen atoms in total. The molecule has 0 amide bonds. The van der Waals surface area contributed by atoms with Crippen molar-refractivity contribution in [2.45, 2.75) is 43.3 Å². The van der Waals surface area contributed by atoms with E-state index in [-0.39, 0.29) is 10.9 Å². The molecule has 2 heterocycles. The summed E-state index contributed by atoms with van der Waals surface area (Å²) in [6.07, 6.45) is 4.55. The molecule has 2 unspecified atom stereocenters. The summed E-state index contributed by atoms with van der Waals surface area (Å²) >= 11 is 0. The van der Waals surface area contributed by atoms with Crippen LogP contribution in [0.25, 0.3) is 0 Å². The van der Waals surface area contributed by atoms with E-state index in [2.05, 4.69) is 28.7 Å². The van der Waals surface area contributed by atoms with Crippen LogP contribution < -0.4 is 10.5 Å². The molecule has 0 radical (unpaired) electrons. The average molecular weight is 301 g/mol. The van der Waals surface area contributed by atoms with E-state index >= 15 is 0 Å². The summed E-state index contributed by atoms with van der Waals surface area (Å²) in [5.74, 6) is 0. The molecule has 1 aliphatic heterocycles. The summed E-state index contributed by atoms with van der Waals surface area (Å²) in [7, 11) is -1.43. The Morgan fingerprint density at radius 3 is 2.95 bits per heavy atom. The molecule has 0 spiro atoms. The van der Waals surface area contributed by atoms with Gasteiger partial charge in [0.2, 0.25) is 10.0 Å². The molecule has 2 atom stereocenters. The quantitative estimate of drug-likeness (QED) is 0.772. The number of aromatic nitrogens is 2. The monoisotopic (exact) mass is 301 g/mol. The highest BCUT2D eigenvalue weighted by molar-refractivity contribution is 7.89. The Kier molecular flexibility index (Phi) is 4.79. The van der Waals surface area contributed by atoms with Gasteiger partial charge in [0, 0.05) is 24.8 Å². The van der Waals surface area contributed by atoms with Gasteiger partial charge in [0.15, 0.2) is 0 Å². The van der Waals surface area contributed by atoms with Crippen molar-refractivity contribution in [3.05, 3.63) is 12.4 Å². The van der Waals surface area contributed by atoms with Crippen LogP contribution >= 0.6 is 0 Å². The van der Waals surface area contributed by atoms with Gasteiger partial charge >= 0.3 is 0 Å². The van der Waals surface area contributed by atoms with Crippen molar-refractivity contribution < 1.29 is 8.42 Å². The molecule has 0 bridgehead atoms. The van der Waals surface area contributed by atoms with Crippen LogP contribution in [-0.4, -0.2) is 55.3 Å². The fraction of sp³-hybridized carbons (Fsp3) is 0.750. The minimum absolute atomic E-state index is 0.0101. The van der Waals surface area contributed by atoms with Crippen LogP contribution in [-0.2, 0) is 16.6 Å². The standard InChI is InChI=1S/C12H23N5O2S/c1-10-7-11(3-5-16(10)2)15-20(18,19)12-8-14-17(9-12)6-4-13/h8-11,15H,3-7,13H2,1-2H3. The summed E-state index contributed by atoms with van der Waals surface area (Å²) in [6, 6.07) is 0.375. The predicted molar refractivity (Wildman–Crippen MR) is 76.7 cm³/mol. The van der Waals surface area contributed by atoms with E-state index in [9.17, 15) is 8.42 Å². The van der Waals surface area contributed by atoms with Gasteiger partial charge in [-0.15, -0.1) is 0 Å². The normalized spacial score (nSPS) is 24.9. The second-order valence-electron chi connectivity index (χ2n) is 5.40. The number of rotatable bonds is 5. The highest BCUT2D eigenvalue weighted by Crippen LogP contribution is 2.18. The number of sulfonamides is 1. The topological polar surface area (TPSA) is 93.2 Å². The number of hydrogen-bond acceptors (Lipinski definition) is 5. The number of piperidine rings is 1. The van der Waals surface area contributed by atoms with Gasteiger partial charge in [0.1, 0.15) is 4.90 Å². The molecule has 1 saturated heterocycles. The van der Waals surface area contributed by atoms with E-state index in [0.717, 1.165) is 19.4 Å². The molecule has 1 aliphatic rings. The predicted octanol–water partition coefficient (Wildman–Crippen LogP) is -0.397. The number of likely N-dealkylation sites (tertiary alicyclic amines) is 1. The molecular weight excluding hydrogens is 278 g/mol. The number of nitrogens with zero attached hydrogens (tertiary/aromatic N) is 3. The fourth-order valence-corrected chi connectivity index (χ4v) is 3.66. The molecule has 1 aromatic rings. The van der Waals surface area contributed by atoms with E-state index in [1.54, 1.807) is 4.68 Å². The van der Waals surface area contributed by atoms with Crippen molar-refractivity contribution in [1.82, 2.24) is 19.4 Å². The molecule has 0 saturated carbocycles. The van der Waals surface area contributed by atoms with Gasteiger partial charge in [0.25, 0.3) is 0 Å². The third-order valence-corrected chi connectivity index (χ3v) is 5.28. The Bertz CT molecular complexity index is 542. The first-order valence-electron chi connectivity index (χ1n) is 6.87. The van der Waals surface area contributed by atoms with Crippen molar-refractivity contribution in [1.29, 1.82) is 0 Å². The van der Waals surface area contributed by atoms with Crippen LogP contribution in [0.15, 0.2) is 17.3 Å². The summed E-state index contributed by atoms with van der Waals surface area (Å²) in [5.41, 5.74) is 5.43. The van der Waals surface area contributed by atoms with Crippen molar-refractivity contribution in [2.75, 3.05) is 20.1 Å². The molecular formula is C12H23N5O2S. The van der Waals surface area contributed by atoms with E-state index in [1.165, 1.54) is 12.4 Å². The third kappa shape index (κ3) is 3.57. The second-order valence-corrected chi connectivity index (χ2v) is 7.11. The largest absolute Gasteiger partial charge is 0.329 e. The van der Waals surface area contributed by atoms with Gasteiger partial charge in [0.05, 0.1) is 12.7 Å². The van der Waals surface area contributed by atoms with Crippen LogP contribution in [0.4, 0.5) is 0 Å². The first kappa shape index (κ1) is 15.4. The first-order chi connectivity index (χ1) is 9.42. The van der Waals surface area contributed by atoms with E-state index in [0.29, 0.717) is 19.1 Å². The van der Waals surface area contributed by atoms with E-state index in [1.807, 2.05) is 0 Å². The molecule has 0 aromatic carbocycles. The van der Waals surface area contributed by atoms with E-state index in [4.69, 9.17) is 5.73 Å². The zero-order valence-corrected chi connectivity index (χ0v) is 12.8. The molecule has 3 N–H and O–H groups in total. The Morgan fingerprint density at radius 1 is 1.55 bits per heavy atom. The summed E-state index contributed by atoms with van der Waals surface area (Å²) in [5, 5.41) is 4.00. The molecule has 2 rings (SSSR count). The minimum Gasteiger partial charge on any atom is -0.329 e. The Labute approximate surface area is 120 Å². The second kappa shape index (κ2) is 6.21. The van der Waals surface area contributed by atoms with Gasteiger partial charge in [-0.1, -0.05) is 0 Å². The van der Waals surface area contributed by atoms with Crippen molar-refractivity contribution >= 4 is 10.0 Å². The van der Waals surface area contributed by atoms with Crippen molar-refractivity contribution in [3.63, 3.8) is 0 Å². The maximum atomic E-state index is 12.3. The van der Waals surface area contributed by atoms with Crippen molar-refractivity contribution in [2.24, 2.45) is 5.73 Å². The molecule has 8 heteroatoms. The van der Waals surface area contributed by atoms with E-state index < -0.39 is 10.0 Å². The molecule has 1 fully saturated rings. The van der Waals surface area contributed by atoms with Gasteiger partial charge < -0.3 is 10.6 Å². The Morgan fingerprint density at radius 2 is 2.30 bits per heavy atom. The van der Waals surface area contributed by atoms with Gasteiger partial charge in [-0.25, -0.2) is 13.1 Å². The van der Waals surface area contributed by atoms with Crippen molar-refractivity contribution in [3.8, 4) is 0 Å². The summed E-state index contributed by atoms with van der Waals surface area (Å²) in [6.45, 7) is 3.96. The highest BCUT2D eigenvalue weighted by Gasteiger charge is 2.27. The lowest BCUT2D eigenvalue weighted by Crippen LogP contribution is -2.47. The lowest BCUT2D eigenvalue weighted by atomic mass is 10.0. The van der Waals surface area contributed by atoms with Crippen LogP contribution in [0.1, 0.15) is 19.8 Å². The lowest BCUT2D eigenvalue weighted by molar-refractivity contribution is 0.178. The molecule has 20 heavy (non-hydrogen) atoms. The summed E-state index contributed by atoms with van der Waals surface area (Å²) < 4.78 is 28.9. The SMILES string of the molecule is CC1CC(NS(=O)(=O)c2cnn(CCN)c2)CCN1C. The Hall–Kier alpha value is -0.960. The van der Waals surface area contributed by atoms with Crippen LogP contribution in [0.3, 0.4) is 0 Å². The zero-order chi connectivity index (χ0) is 14.8. The fourth-order valence-electron chi connectivity index (χ4n) is 2.42. The smallest absolute Gasteiger partial charge is 0.243 e. The highest BCUT2D eigenvalue weighted by atomic mass is 32.2. The summed E-state index contributed by atoms with van der Waals surface area (Å²) in [4.78, 5) is 2.45.